The third kappa shape index (κ3) is 4.92. The predicted octanol–water partition coefficient (Wildman–Crippen LogP) is 3.25. The number of sulfone groups is 1. The van der Waals surface area contributed by atoms with Crippen LogP contribution >= 0.6 is 0 Å². The minimum Gasteiger partial charge on any atom is -0.326 e. The normalized spacial score (nSPS) is 11.3. The molecule has 2 amide bonds. The Bertz CT molecular complexity index is 933. The molecule has 0 radical (unpaired) electrons. The van der Waals surface area contributed by atoms with E-state index in [0.29, 0.717) is 22.5 Å². The highest BCUT2D eigenvalue weighted by molar-refractivity contribution is 7.90. The fourth-order valence-electron chi connectivity index (χ4n) is 2.20. The summed E-state index contributed by atoms with van der Waals surface area (Å²) in [6.07, 6.45) is 1.10. The van der Waals surface area contributed by atoms with Crippen molar-refractivity contribution in [3.63, 3.8) is 0 Å². The Kier molecular flexibility index (Phi) is 5.82. The first-order chi connectivity index (χ1) is 12.1. The van der Waals surface area contributed by atoms with Gasteiger partial charge in [-0.2, -0.15) is 0 Å². The summed E-state index contributed by atoms with van der Waals surface area (Å²) in [5, 5.41) is 5.50. The Labute approximate surface area is 153 Å². The highest BCUT2D eigenvalue weighted by atomic mass is 32.2. The van der Waals surface area contributed by atoms with Gasteiger partial charge in [-0.25, -0.2) is 8.42 Å². The first kappa shape index (κ1) is 19.7. The molecule has 2 N–H and O–H groups in total. The van der Waals surface area contributed by atoms with E-state index in [2.05, 4.69) is 10.6 Å². The minimum absolute atomic E-state index is 0.0880. The van der Waals surface area contributed by atoms with E-state index in [4.69, 9.17) is 0 Å². The predicted molar refractivity (Wildman–Crippen MR) is 102 cm³/mol. The molecule has 0 heterocycles. The number of benzene rings is 2. The number of carbonyl (C=O) groups excluding carboxylic acids is 2. The smallest absolute Gasteiger partial charge is 0.255 e. The largest absolute Gasteiger partial charge is 0.326 e. The summed E-state index contributed by atoms with van der Waals surface area (Å²) in [5.41, 5.74) is 2.15. The summed E-state index contributed by atoms with van der Waals surface area (Å²) < 4.78 is 23.4. The number of aryl methyl sites for hydroxylation is 1. The van der Waals surface area contributed by atoms with Crippen molar-refractivity contribution in [1.29, 1.82) is 0 Å². The second-order valence-electron chi connectivity index (χ2n) is 6.42. The molecule has 138 valence electrons. The number of anilines is 2. The lowest BCUT2D eigenvalue weighted by atomic mass is 10.1. The SMILES string of the molecule is Cc1ccc(S(C)(=O)=O)cc1C(=O)Nc1ccc(NC(=O)C(C)C)cc1. The lowest BCUT2D eigenvalue weighted by Gasteiger charge is -2.11. The van der Waals surface area contributed by atoms with Gasteiger partial charge in [0.25, 0.3) is 5.91 Å². The monoisotopic (exact) mass is 374 g/mol. The van der Waals surface area contributed by atoms with E-state index in [1.54, 1.807) is 51.1 Å². The maximum Gasteiger partial charge on any atom is 0.255 e. The molecule has 26 heavy (non-hydrogen) atoms. The maximum absolute atomic E-state index is 12.5. The molecular formula is C19H22N2O4S. The quantitative estimate of drug-likeness (QED) is 0.840. The zero-order valence-electron chi connectivity index (χ0n) is 15.2. The summed E-state index contributed by atoms with van der Waals surface area (Å²) in [5.74, 6) is -0.610. The molecule has 0 unspecified atom stereocenters. The van der Waals surface area contributed by atoms with Crippen LogP contribution in [0.1, 0.15) is 29.8 Å². The van der Waals surface area contributed by atoms with Crippen LogP contribution in [0.5, 0.6) is 0 Å². The lowest BCUT2D eigenvalue weighted by Crippen LogP contribution is -2.18. The molecule has 0 saturated heterocycles. The Hall–Kier alpha value is -2.67. The van der Waals surface area contributed by atoms with Crippen LogP contribution in [0.3, 0.4) is 0 Å². The van der Waals surface area contributed by atoms with Gasteiger partial charge in [-0.1, -0.05) is 19.9 Å². The Morgan fingerprint density at radius 3 is 1.96 bits per heavy atom. The first-order valence-corrected chi connectivity index (χ1v) is 10.00. The van der Waals surface area contributed by atoms with Gasteiger partial charge in [0.15, 0.2) is 9.84 Å². The summed E-state index contributed by atoms with van der Waals surface area (Å²) in [7, 11) is -3.39. The van der Waals surface area contributed by atoms with Gasteiger partial charge in [0.2, 0.25) is 5.91 Å². The van der Waals surface area contributed by atoms with Gasteiger partial charge < -0.3 is 10.6 Å². The van der Waals surface area contributed by atoms with Crippen molar-refractivity contribution in [1.82, 2.24) is 0 Å². The Morgan fingerprint density at radius 1 is 0.923 bits per heavy atom. The van der Waals surface area contributed by atoms with Crippen molar-refractivity contribution in [2.24, 2.45) is 5.92 Å². The standard InChI is InChI=1S/C19H22N2O4S/c1-12(2)18(22)20-14-6-8-15(9-7-14)21-19(23)17-11-16(26(4,24)25)10-5-13(17)3/h5-12H,1-4H3,(H,20,22)(H,21,23). The molecule has 0 spiro atoms. The number of carbonyl (C=O) groups is 2. The van der Waals surface area contributed by atoms with Crippen molar-refractivity contribution in [2.75, 3.05) is 16.9 Å². The third-order valence-electron chi connectivity index (χ3n) is 3.82. The Morgan fingerprint density at radius 2 is 1.46 bits per heavy atom. The van der Waals surface area contributed by atoms with E-state index >= 15 is 0 Å². The molecule has 2 rings (SSSR count). The van der Waals surface area contributed by atoms with Crippen LogP contribution in [0, 0.1) is 12.8 Å². The van der Waals surface area contributed by atoms with Crippen molar-refractivity contribution >= 4 is 33.0 Å². The van der Waals surface area contributed by atoms with Gasteiger partial charge in [-0.15, -0.1) is 0 Å². The highest BCUT2D eigenvalue weighted by Crippen LogP contribution is 2.19. The number of rotatable bonds is 5. The van der Waals surface area contributed by atoms with Crippen molar-refractivity contribution in [2.45, 2.75) is 25.7 Å². The maximum atomic E-state index is 12.5. The van der Waals surface area contributed by atoms with Gasteiger partial charge in [-0.3, -0.25) is 9.59 Å². The fourth-order valence-corrected chi connectivity index (χ4v) is 2.85. The van der Waals surface area contributed by atoms with E-state index in [1.807, 2.05) is 0 Å². The number of amides is 2. The molecule has 6 nitrogen and oxygen atoms in total. The molecular weight excluding hydrogens is 352 g/mol. The van der Waals surface area contributed by atoms with Crippen molar-refractivity contribution in [3.8, 4) is 0 Å². The van der Waals surface area contributed by atoms with E-state index in [1.165, 1.54) is 12.1 Å². The van der Waals surface area contributed by atoms with E-state index in [-0.39, 0.29) is 16.7 Å². The molecule has 0 atom stereocenters. The van der Waals surface area contributed by atoms with E-state index in [0.717, 1.165) is 6.26 Å². The van der Waals surface area contributed by atoms with Gasteiger partial charge in [0.05, 0.1) is 4.90 Å². The molecule has 0 fully saturated rings. The Balaban J connectivity index is 2.16. The number of nitrogens with one attached hydrogen (secondary N) is 2. The van der Waals surface area contributed by atoms with Crippen LogP contribution in [-0.4, -0.2) is 26.5 Å². The first-order valence-electron chi connectivity index (χ1n) is 8.11. The highest BCUT2D eigenvalue weighted by Gasteiger charge is 2.15. The molecule has 2 aromatic rings. The van der Waals surface area contributed by atoms with Crippen molar-refractivity contribution < 1.29 is 18.0 Å². The summed E-state index contributed by atoms with van der Waals surface area (Å²) >= 11 is 0. The molecule has 0 aliphatic carbocycles. The van der Waals surface area contributed by atoms with E-state index < -0.39 is 15.7 Å². The summed E-state index contributed by atoms with van der Waals surface area (Å²) in [6.45, 7) is 5.35. The number of hydrogen-bond acceptors (Lipinski definition) is 4. The van der Waals surface area contributed by atoms with Crippen LogP contribution < -0.4 is 10.6 Å². The summed E-state index contributed by atoms with van der Waals surface area (Å²) in [6, 6.07) is 11.2. The average Bonchev–Trinajstić information content (AvgIpc) is 2.55. The van der Waals surface area contributed by atoms with Crippen LogP contribution in [0.4, 0.5) is 11.4 Å². The second kappa shape index (κ2) is 7.70. The number of hydrogen-bond donors (Lipinski definition) is 2. The molecule has 0 saturated carbocycles. The zero-order valence-corrected chi connectivity index (χ0v) is 16.0. The molecule has 0 bridgehead atoms. The van der Waals surface area contributed by atoms with Crippen molar-refractivity contribution in [3.05, 3.63) is 53.6 Å². The second-order valence-corrected chi connectivity index (χ2v) is 8.44. The minimum atomic E-state index is -3.39. The molecule has 7 heteroatoms. The van der Waals surface area contributed by atoms with Gasteiger partial charge >= 0.3 is 0 Å². The zero-order chi connectivity index (χ0) is 19.5. The van der Waals surface area contributed by atoms with Crippen LogP contribution in [0.15, 0.2) is 47.4 Å². The lowest BCUT2D eigenvalue weighted by molar-refractivity contribution is -0.118. The van der Waals surface area contributed by atoms with E-state index in [9.17, 15) is 18.0 Å². The van der Waals surface area contributed by atoms with Crippen LogP contribution in [0.2, 0.25) is 0 Å². The summed E-state index contributed by atoms with van der Waals surface area (Å²) in [4.78, 5) is 24.3. The topological polar surface area (TPSA) is 92.3 Å². The van der Waals surface area contributed by atoms with Crippen LogP contribution in [-0.2, 0) is 14.6 Å². The molecule has 0 aliphatic heterocycles. The molecule has 2 aromatic carbocycles. The average molecular weight is 374 g/mol. The van der Waals surface area contributed by atoms with Crippen LogP contribution in [0.25, 0.3) is 0 Å². The molecule has 0 aliphatic rings. The fraction of sp³-hybridized carbons (Fsp3) is 0.263. The van der Waals surface area contributed by atoms with Gasteiger partial charge in [0.1, 0.15) is 0 Å². The van der Waals surface area contributed by atoms with Gasteiger partial charge in [0, 0.05) is 29.1 Å². The van der Waals surface area contributed by atoms with Gasteiger partial charge in [-0.05, 0) is 48.9 Å². The molecule has 0 aromatic heterocycles. The third-order valence-corrected chi connectivity index (χ3v) is 4.93.